The lowest BCUT2D eigenvalue weighted by atomic mass is 9.73. The van der Waals surface area contributed by atoms with Crippen LogP contribution >= 0.6 is 0 Å². The van der Waals surface area contributed by atoms with E-state index in [1.165, 1.54) is 38.8 Å². The molecule has 1 aliphatic carbocycles. The van der Waals surface area contributed by atoms with Crippen LogP contribution in [0.2, 0.25) is 0 Å². The van der Waals surface area contributed by atoms with Gasteiger partial charge in [-0.2, -0.15) is 5.26 Å². The Morgan fingerprint density at radius 2 is 1.89 bits per heavy atom. The van der Waals surface area contributed by atoms with E-state index in [4.69, 9.17) is 6.42 Å². The number of phenols is 1. The van der Waals surface area contributed by atoms with Gasteiger partial charge in [0.05, 0.1) is 16.9 Å². The third-order valence-electron chi connectivity index (χ3n) is 11.5. The lowest BCUT2D eigenvalue weighted by molar-refractivity contribution is 0.121. The highest BCUT2D eigenvalue weighted by atomic mass is 16.3. The number of aryl methyl sites for hydroxylation is 2. The van der Waals surface area contributed by atoms with Crippen molar-refractivity contribution in [3.05, 3.63) is 70.3 Å². The summed E-state index contributed by atoms with van der Waals surface area (Å²) >= 11 is 0. The molecule has 5 heterocycles. The molecule has 4 fully saturated rings. The van der Waals surface area contributed by atoms with Crippen LogP contribution in [0.25, 0.3) is 16.8 Å². The summed E-state index contributed by atoms with van der Waals surface area (Å²) in [4.78, 5) is 7.40. The van der Waals surface area contributed by atoms with Crippen molar-refractivity contribution >= 4 is 28.2 Å². The lowest BCUT2D eigenvalue weighted by Crippen LogP contribution is -2.71. The molecule has 0 aromatic heterocycles. The monoisotopic (exact) mass is 583 g/mol. The van der Waals surface area contributed by atoms with Crippen molar-refractivity contribution in [1.29, 1.82) is 5.26 Å². The van der Waals surface area contributed by atoms with E-state index in [-0.39, 0.29) is 5.75 Å². The van der Waals surface area contributed by atoms with Crippen molar-refractivity contribution in [3.8, 4) is 24.2 Å². The molecular weight excluding hydrogens is 542 g/mol. The summed E-state index contributed by atoms with van der Waals surface area (Å²) < 4.78 is 0. The van der Waals surface area contributed by atoms with Gasteiger partial charge in [0.25, 0.3) is 0 Å². The van der Waals surface area contributed by atoms with Crippen LogP contribution in [0.4, 0.5) is 11.4 Å². The molecule has 224 valence electrons. The van der Waals surface area contributed by atoms with Crippen molar-refractivity contribution in [2.75, 3.05) is 56.1 Å². The highest BCUT2D eigenvalue weighted by Crippen LogP contribution is 2.51. The van der Waals surface area contributed by atoms with Crippen LogP contribution < -0.4 is 15.1 Å². The Kier molecular flexibility index (Phi) is 6.28. The fourth-order valence-electron chi connectivity index (χ4n) is 9.28. The molecule has 6 heteroatoms. The van der Waals surface area contributed by atoms with Gasteiger partial charge in [-0.25, -0.2) is 0 Å². The van der Waals surface area contributed by atoms with Gasteiger partial charge in [0.1, 0.15) is 11.8 Å². The van der Waals surface area contributed by atoms with Gasteiger partial charge in [0.2, 0.25) is 0 Å². The number of nitrogens with one attached hydrogen (secondary N) is 1. The van der Waals surface area contributed by atoms with Gasteiger partial charge >= 0.3 is 0 Å². The summed E-state index contributed by atoms with van der Waals surface area (Å²) in [7, 11) is 2.11. The minimum absolute atomic E-state index is 0.251. The van der Waals surface area contributed by atoms with E-state index in [1.807, 2.05) is 12.1 Å². The van der Waals surface area contributed by atoms with E-state index in [1.54, 1.807) is 0 Å². The standard InChI is InChI=1S/C38H41N5O/c1-4-26-8-5-9-28-17-29(44)19-30(35(26)28)32-16-25(2)34-33(41(32)3)18-27(10-13-38-11-6-14-43(38)15-7-12-38)31(20-39)36(34)42-23-37(24-42)21-40-22-37/h1,8,16-19,40,44H,2,5-7,9-15,21-24H2,3H3. The first kappa shape index (κ1) is 27.6. The summed E-state index contributed by atoms with van der Waals surface area (Å²) in [5, 5.41) is 25.0. The van der Waals surface area contributed by atoms with E-state index in [0.717, 1.165) is 113 Å². The number of aromatic hydroxyl groups is 1. The molecule has 0 unspecified atom stereocenters. The van der Waals surface area contributed by atoms with Gasteiger partial charge in [0.15, 0.2) is 0 Å². The molecule has 1 spiro atoms. The summed E-state index contributed by atoms with van der Waals surface area (Å²) in [5.41, 5.74) is 11.6. The van der Waals surface area contributed by atoms with Gasteiger partial charge in [-0.1, -0.05) is 18.6 Å². The SMILES string of the molecule is C#CC1=CCCc2cc(O)cc(C3=CC(=C)c4c(cc(CCC56CCCN5CCC6)c(C#N)c4N4CC5(CNC5)C4)N3C)c21. The van der Waals surface area contributed by atoms with Crippen molar-refractivity contribution in [1.82, 2.24) is 10.2 Å². The number of terminal acetylenes is 1. The van der Waals surface area contributed by atoms with E-state index < -0.39 is 0 Å². The number of fused-ring (bicyclic) bond motifs is 3. The average Bonchev–Trinajstić information content (AvgIpc) is 3.56. The number of nitrogens with zero attached hydrogens (tertiary/aromatic N) is 4. The van der Waals surface area contributed by atoms with Crippen molar-refractivity contribution in [2.24, 2.45) is 5.41 Å². The molecule has 0 bridgehead atoms. The number of phenolic OH excluding ortho intramolecular Hbond substituents is 1. The summed E-state index contributed by atoms with van der Waals surface area (Å²) in [6, 6.07) is 8.66. The van der Waals surface area contributed by atoms with E-state index >= 15 is 0 Å². The number of allylic oxidation sites excluding steroid dienone is 4. The molecule has 6 aliphatic rings. The number of hydrogen-bond donors (Lipinski definition) is 2. The van der Waals surface area contributed by atoms with E-state index in [9.17, 15) is 10.4 Å². The number of nitriles is 1. The third-order valence-corrected chi connectivity index (χ3v) is 11.5. The van der Waals surface area contributed by atoms with Crippen LogP contribution in [-0.2, 0) is 12.8 Å². The smallest absolute Gasteiger partial charge is 0.116 e. The fourth-order valence-corrected chi connectivity index (χ4v) is 9.28. The Morgan fingerprint density at radius 1 is 1.11 bits per heavy atom. The van der Waals surface area contributed by atoms with Gasteiger partial charge in [-0.05, 0) is 105 Å². The van der Waals surface area contributed by atoms with Crippen LogP contribution in [0.5, 0.6) is 5.75 Å². The molecule has 0 amide bonds. The average molecular weight is 584 g/mol. The molecule has 0 radical (unpaired) electrons. The number of benzene rings is 2. The first-order chi connectivity index (χ1) is 21.4. The highest BCUT2D eigenvalue weighted by Gasteiger charge is 2.49. The molecule has 6 nitrogen and oxygen atoms in total. The Labute approximate surface area is 261 Å². The number of anilines is 2. The lowest BCUT2D eigenvalue weighted by Gasteiger charge is -2.57. The topological polar surface area (TPSA) is 65.8 Å². The molecule has 2 N–H and O–H groups in total. The van der Waals surface area contributed by atoms with E-state index in [2.05, 4.69) is 63.9 Å². The summed E-state index contributed by atoms with van der Waals surface area (Å²) in [6.45, 7) is 11.0. The van der Waals surface area contributed by atoms with Crippen molar-refractivity contribution in [3.63, 3.8) is 0 Å². The molecule has 0 saturated carbocycles. The number of rotatable bonds is 5. The van der Waals surface area contributed by atoms with Crippen LogP contribution in [0.15, 0.2) is 36.9 Å². The van der Waals surface area contributed by atoms with Crippen LogP contribution in [0, 0.1) is 29.1 Å². The summed E-state index contributed by atoms with van der Waals surface area (Å²) in [5.74, 6) is 3.16. The van der Waals surface area contributed by atoms with Gasteiger partial charge in [-0.15, -0.1) is 6.42 Å². The highest BCUT2D eigenvalue weighted by molar-refractivity contribution is 6.05. The predicted octanol–water partition coefficient (Wildman–Crippen LogP) is 5.70. The normalized spacial score (nSPS) is 22.7. The fraction of sp³-hybridized carbons (Fsp3) is 0.447. The molecule has 44 heavy (non-hydrogen) atoms. The molecule has 5 aliphatic heterocycles. The van der Waals surface area contributed by atoms with Gasteiger partial charge < -0.3 is 20.2 Å². The second-order valence-electron chi connectivity index (χ2n) is 14.1. The van der Waals surface area contributed by atoms with Crippen LogP contribution in [0.3, 0.4) is 0 Å². The molecule has 8 rings (SSSR count). The Morgan fingerprint density at radius 3 is 2.57 bits per heavy atom. The quantitative estimate of drug-likeness (QED) is 0.441. The zero-order valence-electron chi connectivity index (χ0n) is 25.8. The summed E-state index contributed by atoms with van der Waals surface area (Å²) in [6.07, 6.45) is 19.1. The Balaban J connectivity index is 1.25. The maximum absolute atomic E-state index is 10.8. The maximum atomic E-state index is 10.8. The second-order valence-corrected chi connectivity index (χ2v) is 14.1. The largest absolute Gasteiger partial charge is 0.508 e. The minimum Gasteiger partial charge on any atom is -0.508 e. The minimum atomic E-state index is 0.251. The van der Waals surface area contributed by atoms with Crippen LogP contribution in [-0.4, -0.2) is 61.9 Å². The maximum Gasteiger partial charge on any atom is 0.116 e. The number of hydrogen-bond acceptors (Lipinski definition) is 6. The van der Waals surface area contributed by atoms with Crippen molar-refractivity contribution in [2.45, 2.75) is 56.9 Å². The molecular formula is C38H41N5O. The first-order valence-electron chi connectivity index (χ1n) is 16.3. The Bertz CT molecular complexity index is 1730. The zero-order chi connectivity index (χ0) is 30.2. The van der Waals surface area contributed by atoms with Crippen LogP contribution in [0.1, 0.15) is 71.9 Å². The third kappa shape index (κ3) is 4.01. The van der Waals surface area contributed by atoms with E-state index in [0.29, 0.717) is 11.0 Å². The first-order valence-corrected chi connectivity index (χ1v) is 16.3. The van der Waals surface area contributed by atoms with Gasteiger partial charge in [-0.3, -0.25) is 4.90 Å². The van der Waals surface area contributed by atoms with Crippen molar-refractivity contribution < 1.29 is 5.11 Å². The second kappa shape index (κ2) is 10.0. The predicted molar refractivity (Wildman–Crippen MR) is 178 cm³/mol. The molecule has 2 aromatic carbocycles. The zero-order valence-corrected chi connectivity index (χ0v) is 25.8. The molecule has 4 saturated heterocycles. The Hall–Kier alpha value is -3.97. The van der Waals surface area contributed by atoms with Gasteiger partial charge in [0, 0.05) is 72.1 Å². The molecule has 2 aromatic rings. The molecule has 0 atom stereocenters.